The van der Waals surface area contributed by atoms with Crippen molar-refractivity contribution in [3.05, 3.63) is 52.3 Å². The van der Waals surface area contributed by atoms with Crippen molar-refractivity contribution in [2.45, 2.75) is 19.4 Å². The summed E-state index contributed by atoms with van der Waals surface area (Å²) >= 11 is 3.23. The number of halogens is 1. The summed E-state index contributed by atoms with van der Waals surface area (Å²) in [6.45, 7) is 1.94. The van der Waals surface area contributed by atoms with E-state index in [0.29, 0.717) is 21.7 Å². The van der Waals surface area contributed by atoms with Crippen molar-refractivity contribution in [2.75, 3.05) is 20.8 Å². The van der Waals surface area contributed by atoms with Gasteiger partial charge < -0.3 is 19.5 Å². The minimum atomic E-state index is -0.845. The molecule has 2 aromatic rings. The third-order valence-corrected chi connectivity index (χ3v) is 4.19. The fourth-order valence-electron chi connectivity index (χ4n) is 2.46. The molecule has 0 aliphatic heterocycles. The van der Waals surface area contributed by atoms with Gasteiger partial charge in [0.1, 0.15) is 10.6 Å². The van der Waals surface area contributed by atoms with Crippen LogP contribution in [0.15, 0.2) is 41.1 Å². The standard InChI is InChI=1S/C19H21BrN2O5/c1-4-27-19(24)14(22-18(23)13-7-8-21-17(20)11-13)9-12-5-6-15(25-2)16(10-12)26-3/h5-8,10-11,14H,4,9H2,1-3H3,(H,22,23)/t14-/m0/s1. The molecule has 7 nitrogen and oxygen atoms in total. The minimum Gasteiger partial charge on any atom is -0.493 e. The molecule has 8 heteroatoms. The number of aromatic nitrogens is 1. The van der Waals surface area contributed by atoms with Crippen LogP contribution in [0.2, 0.25) is 0 Å². The fourth-order valence-corrected chi connectivity index (χ4v) is 2.83. The molecule has 0 radical (unpaired) electrons. The van der Waals surface area contributed by atoms with E-state index in [0.717, 1.165) is 5.56 Å². The number of methoxy groups -OCH3 is 2. The molecule has 0 saturated heterocycles. The predicted octanol–water partition coefficient (Wildman–Crippen LogP) is 2.77. The lowest BCUT2D eigenvalue weighted by molar-refractivity contribution is -0.145. The summed E-state index contributed by atoms with van der Waals surface area (Å²) in [4.78, 5) is 28.9. The molecule has 0 aliphatic carbocycles. The summed E-state index contributed by atoms with van der Waals surface area (Å²) in [5.41, 5.74) is 1.18. The summed E-state index contributed by atoms with van der Waals surface area (Å²) in [7, 11) is 3.08. The van der Waals surface area contributed by atoms with E-state index in [-0.39, 0.29) is 13.0 Å². The number of hydrogen-bond donors (Lipinski definition) is 1. The number of benzene rings is 1. The van der Waals surface area contributed by atoms with Gasteiger partial charge in [-0.15, -0.1) is 0 Å². The van der Waals surface area contributed by atoms with Crippen LogP contribution in [0.3, 0.4) is 0 Å². The van der Waals surface area contributed by atoms with Gasteiger partial charge in [0.05, 0.1) is 20.8 Å². The van der Waals surface area contributed by atoms with Crippen LogP contribution in [-0.4, -0.2) is 43.7 Å². The van der Waals surface area contributed by atoms with E-state index in [1.165, 1.54) is 13.3 Å². The molecule has 1 N–H and O–H groups in total. The molecule has 1 heterocycles. The largest absolute Gasteiger partial charge is 0.493 e. The molecular weight excluding hydrogens is 416 g/mol. The van der Waals surface area contributed by atoms with E-state index in [1.807, 2.05) is 6.07 Å². The lowest BCUT2D eigenvalue weighted by Crippen LogP contribution is -2.43. The number of amides is 1. The molecular formula is C19H21BrN2O5. The highest BCUT2D eigenvalue weighted by Gasteiger charge is 2.24. The molecule has 0 aliphatic rings. The Balaban J connectivity index is 2.22. The maximum Gasteiger partial charge on any atom is 0.328 e. The van der Waals surface area contributed by atoms with Gasteiger partial charge in [-0.1, -0.05) is 6.07 Å². The van der Waals surface area contributed by atoms with Crippen molar-refractivity contribution >= 4 is 27.8 Å². The van der Waals surface area contributed by atoms with Crippen molar-refractivity contribution in [2.24, 2.45) is 0 Å². The number of nitrogens with one attached hydrogen (secondary N) is 1. The van der Waals surface area contributed by atoms with Crippen LogP contribution >= 0.6 is 15.9 Å². The van der Waals surface area contributed by atoms with Gasteiger partial charge in [0, 0.05) is 18.2 Å². The molecule has 1 aromatic heterocycles. The van der Waals surface area contributed by atoms with E-state index >= 15 is 0 Å². The van der Waals surface area contributed by atoms with Gasteiger partial charge in [-0.05, 0) is 52.7 Å². The topological polar surface area (TPSA) is 86.8 Å². The maximum atomic E-state index is 12.5. The Morgan fingerprint density at radius 2 is 1.89 bits per heavy atom. The van der Waals surface area contributed by atoms with Crippen molar-refractivity contribution in [1.29, 1.82) is 0 Å². The lowest BCUT2D eigenvalue weighted by atomic mass is 10.0. The molecule has 0 spiro atoms. The number of ether oxygens (including phenoxy) is 3. The van der Waals surface area contributed by atoms with Crippen LogP contribution in [-0.2, 0) is 16.0 Å². The van der Waals surface area contributed by atoms with Gasteiger partial charge in [0.2, 0.25) is 0 Å². The predicted molar refractivity (Wildman–Crippen MR) is 103 cm³/mol. The van der Waals surface area contributed by atoms with Crippen LogP contribution in [0.4, 0.5) is 0 Å². The number of pyridine rings is 1. The summed E-state index contributed by atoms with van der Waals surface area (Å²) in [5.74, 6) is 0.229. The summed E-state index contributed by atoms with van der Waals surface area (Å²) in [5, 5.41) is 2.73. The molecule has 144 valence electrons. The molecule has 27 heavy (non-hydrogen) atoms. The van der Waals surface area contributed by atoms with Crippen molar-refractivity contribution in [3.63, 3.8) is 0 Å². The van der Waals surface area contributed by atoms with E-state index in [4.69, 9.17) is 14.2 Å². The van der Waals surface area contributed by atoms with Crippen LogP contribution in [0.25, 0.3) is 0 Å². The average molecular weight is 437 g/mol. The van der Waals surface area contributed by atoms with Crippen molar-refractivity contribution in [3.8, 4) is 11.5 Å². The first-order valence-electron chi connectivity index (χ1n) is 8.28. The first-order chi connectivity index (χ1) is 13.0. The molecule has 2 rings (SSSR count). The lowest BCUT2D eigenvalue weighted by Gasteiger charge is -2.18. The summed E-state index contributed by atoms with van der Waals surface area (Å²) < 4.78 is 16.1. The van der Waals surface area contributed by atoms with E-state index < -0.39 is 17.9 Å². The van der Waals surface area contributed by atoms with Crippen molar-refractivity contribution < 1.29 is 23.8 Å². The van der Waals surface area contributed by atoms with Crippen LogP contribution in [0.1, 0.15) is 22.8 Å². The van der Waals surface area contributed by atoms with Gasteiger partial charge in [0.25, 0.3) is 5.91 Å². The zero-order chi connectivity index (χ0) is 19.8. The number of carbonyl (C=O) groups excluding carboxylic acids is 2. The van der Waals surface area contributed by atoms with E-state index in [1.54, 1.807) is 38.3 Å². The Morgan fingerprint density at radius 1 is 1.15 bits per heavy atom. The fraction of sp³-hybridized carbons (Fsp3) is 0.316. The summed E-state index contributed by atoms with van der Waals surface area (Å²) in [6, 6.07) is 7.62. The number of esters is 1. The third-order valence-electron chi connectivity index (χ3n) is 3.75. The quantitative estimate of drug-likeness (QED) is 0.505. The molecule has 0 bridgehead atoms. The van der Waals surface area contributed by atoms with Crippen LogP contribution < -0.4 is 14.8 Å². The maximum absolute atomic E-state index is 12.5. The number of hydrogen-bond acceptors (Lipinski definition) is 6. The SMILES string of the molecule is CCOC(=O)[C@H](Cc1ccc(OC)c(OC)c1)NC(=O)c1ccnc(Br)c1. The first kappa shape index (κ1) is 20.7. The van der Waals surface area contributed by atoms with Crippen molar-refractivity contribution in [1.82, 2.24) is 10.3 Å². The van der Waals surface area contributed by atoms with Gasteiger partial charge in [-0.2, -0.15) is 0 Å². The van der Waals surface area contributed by atoms with Gasteiger partial charge in [0.15, 0.2) is 11.5 Å². The number of rotatable bonds is 8. The number of nitrogens with zero attached hydrogens (tertiary/aromatic N) is 1. The highest BCUT2D eigenvalue weighted by molar-refractivity contribution is 9.10. The highest BCUT2D eigenvalue weighted by atomic mass is 79.9. The second-order valence-corrected chi connectivity index (χ2v) is 6.35. The normalized spacial score (nSPS) is 11.4. The third kappa shape index (κ3) is 5.68. The van der Waals surface area contributed by atoms with Gasteiger partial charge in [-0.3, -0.25) is 4.79 Å². The highest BCUT2D eigenvalue weighted by Crippen LogP contribution is 2.28. The monoisotopic (exact) mass is 436 g/mol. The Labute approximate surface area is 166 Å². The molecule has 0 saturated carbocycles. The smallest absolute Gasteiger partial charge is 0.328 e. The molecule has 1 amide bonds. The first-order valence-corrected chi connectivity index (χ1v) is 9.07. The summed E-state index contributed by atoms with van der Waals surface area (Å²) in [6.07, 6.45) is 1.75. The minimum absolute atomic E-state index is 0.220. The Morgan fingerprint density at radius 3 is 2.52 bits per heavy atom. The molecule has 1 aromatic carbocycles. The second kappa shape index (κ2) is 9.91. The van der Waals surface area contributed by atoms with Gasteiger partial charge in [-0.25, -0.2) is 9.78 Å². The average Bonchev–Trinajstić information content (AvgIpc) is 2.67. The van der Waals surface area contributed by atoms with E-state index in [9.17, 15) is 9.59 Å². The Kier molecular flexibility index (Phi) is 7.60. The molecule has 0 unspecified atom stereocenters. The van der Waals surface area contributed by atoms with Gasteiger partial charge >= 0.3 is 5.97 Å². The second-order valence-electron chi connectivity index (χ2n) is 5.54. The Hall–Kier alpha value is -2.61. The zero-order valence-electron chi connectivity index (χ0n) is 15.3. The van der Waals surface area contributed by atoms with Crippen LogP contribution in [0, 0.1) is 0 Å². The molecule has 1 atom stereocenters. The van der Waals surface area contributed by atoms with Crippen LogP contribution in [0.5, 0.6) is 11.5 Å². The Bertz CT molecular complexity index is 812. The zero-order valence-corrected chi connectivity index (χ0v) is 16.9. The van der Waals surface area contributed by atoms with E-state index in [2.05, 4.69) is 26.2 Å². The molecule has 0 fully saturated rings. The number of carbonyl (C=O) groups is 2.